The molecule has 126 valence electrons. The van der Waals surface area contributed by atoms with E-state index in [2.05, 4.69) is 51.6 Å². The van der Waals surface area contributed by atoms with Crippen LogP contribution in [0.2, 0.25) is 0 Å². The first-order valence-electron chi connectivity index (χ1n) is 8.23. The minimum Gasteiger partial charge on any atom is -0.353 e. The third-order valence-corrected chi connectivity index (χ3v) is 5.17. The number of aryl methyl sites for hydroxylation is 1. The van der Waals surface area contributed by atoms with E-state index >= 15 is 0 Å². The summed E-state index contributed by atoms with van der Waals surface area (Å²) in [5.74, 6) is 1.41. The molecule has 1 aliphatic heterocycles. The third-order valence-electron chi connectivity index (χ3n) is 4.16. The highest BCUT2D eigenvalue weighted by Gasteiger charge is 2.26. The van der Waals surface area contributed by atoms with Crippen molar-refractivity contribution in [1.29, 1.82) is 0 Å². The zero-order chi connectivity index (χ0) is 16.8. The summed E-state index contributed by atoms with van der Waals surface area (Å²) in [6.07, 6.45) is 3.87. The van der Waals surface area contributed by atoms with E-state index in [-0.39, 0.29) is 5.91 Å². The topological polar surface area (TPSA) is 58.1 Å². The second-order valence-corrected chi connectivity index (χ2v) is 7.03. The van der Waals surface area contributed by atoms with Crippen LogP contribution in [0.25, 0.3) is 0 Å². The molecule has 1 saturated heterocycles. The molecule has 1 fully saturated rings. The summed E-state index contributed by atoms with van der Waals surface area (Å²) < 4.78 is 0. The van der Waals surface area contributed by atoms with E-state index in [1.807, 2.05) is 12.1 Å². The summed E-state index contributed by atoms with van der Waals surface area (Å²) in [7, 11) is 0. The number of hydrogen-bond acceptors (Lipinski definition) is 5. The van der Waals surface area contributed by atoms with Gasteiger partial charge in [-0.25, -0.2) is 0 Å². The van der Waals surface area contributed by atoms with Crippen molar-refractivity contribution in [3.05, 3.63) is 48.2 Å². The lowest BCUT2D eigenvalue weighted by Crippen LogP contribution is -2.41. The summed E-state index contributed by atoms with van der Waals surface area (Å²) in [5, 5.41) is 11.2. The molecule has 2 aromatic rings. The van der Waals surface area contributed by atoms with Gasteiger partial charge in [-0.3, -0.25) is 4.79 Å². The maximum atomic E-state index is 12.1. The van der Waals surface area contributed by atoms with E-state index in [0.29, 0.717) is 18.3 Å². The monoisotopic (exact) mass is 342 g/mol. The quantitative estimate of drug-likeness (QED) is 0.818. The van der Waals surface area contributed by atoms with Crippen LogP contribution in [0.15, 0.2) is 47.5 Å². The van der Waals surface area contributed by atoms with Crippen molar-refractivity contribution in [2.75, 3.05) is 23.7 Å². The van der Waals surface area contributed by atoms with Crippen molar-refractivity contribution in [3.63, 3.8) is 0 Å². The van der Waals surface area contributed by atoms with Gasteiger partial charge >= 0.3 is 0 Å². The lowest BCUT2D eigenvalue weighted by atomic mass is 10.2. The lowest BCUT2D eigenvalue weighted by Gasteiger charge is -2.25. The number of amides is 1. The molecule has 1 N–H and O–H groups in total. The van der Waals surface area contributed by atoms with Crippen LogP contribution in [-0.2, 0) is 4.79 Å². The molecule has 0 bridgehead atoms. The Labute approximate surface area is 146 Å². The number of nitrogens with one attached hydrogen (secondary N) is 1. The van der Waals surface area contributed by atoms with Gasteiger partial charge in [0.25, 0.3) is 0 Å². The van der Waals surface area contributed by atoms with Gasteiger partial charge in [0.05, 0.1) is 5.75 Å². The van der Waals surface area contributed by atoms with Crippen LogP contribution in [0.4, 0.5) is 5.82 Å². The Morgan fingerprint density at radius 2 is 2.17 bits per heavy atom. The van der Waals surface area contributed by atoms with E-state index in [1.54, 1.807) is 18.0 Å². The normalized spacial score (nSPS) is 17.0. The summed E-state index contributed by atoms with van der Waals surface area (Å²) >= 11 is 1.57. The molecule has 0 unspecified atom stereocenters. The van der Waals surface area contributed by atoms with E-state index in [1.165, 1.54) is 5.56 Å². The molecule has 1 aromatic heterocycles. The number of hydrogen-bond donors (Lipinski definition) is 1. The van der Waals surface area contributed by atoms with Gasteiger partial charge < -0.3 is 10.2 Å². The van der Waals surface area contributed by atoms with Crippen molar-refractivity contribution >= 4 is 23.5 Å². The number of carbonyl (C=O) groups is 1. The van der Waals surface area contributed by atoms with Gasteiger partial charge in [-0.1, -0.05) is 17.7 Å². The molecule has 1 amide bonds. The zero-order valence-corrected chi connectivity index (χ0v) is 14.6. The second-order valence-electron chi connectivity index (χ2n) is 5.98. The maximum absolute atomic E-state index is 12.1. The molecule has 5 nitrogen and oxygen atoms in total. The number of benzene rings is 1. The number of anilines is 1. The molecule has 0 spiro atoms. The van der Waals surface area contributed by atoms with Crippen LogP contribution < -0.4 is 10.2 Å². The molecule has 1 atom stereocenters. The van der Waals surface area contributed by atoms with Gasteiger partial charge in [0, 0.05) is 30.2 Å². The number of aromatic nitrogens is 2. The molecule has 0 saturated carbocycles. The molecule has 1 aliphatic rings. The molecule has 6 heteroatoms. The predicted octanol–water partition coefficient (Wildman–Crippen LogP) is 2.66. The van der Waals surface area contributed by atoms with E-state index < -0.39 is 0 Å². The third kappa shape index (κ3) is 4.47. The van der Waals surface area contributed by atoms with E-state index in [9.17, 15) is 4.79 Å². The van der Waals surface area contributed by atoms with Gasteiger partial charge in [0.1, 0.15) is 0 Å². The van der Waals surface area contributed by atoms with Crippen LogP contribution in [-0.4, -0.2) is 41.0 Å². The Hall–Kier alpha value is -2.08. The Kier molecular flexibility index (Phi) is 5.69. The standard InChI is InChI=1S/C18H22N4OS/c1-14-6-8-16(9-7-14)24-13-18(23)19-12-15-4-3-11-22(15)17-5-2-10-20-21-17/h2,5-10,15H,3-4,11-13H2,1H3,(H,19,23)/t15-/m0/s1. The molecule has 0 aliphatic carbocycles. The van der Waals surface area contributed by atoms with Crippen LogP contribution >= 0.6 is 11.8 Å². The van der Waals surface area contributed by atoms with Crippen LogP contribution in [0, 0.1) is 6.92 Å². The van der Waals surface area contributed by atoms with Crippen molar-refractivity contribution in [2.45, 2.75) is 30.7 Å². The highest BCUT2D eigenvalue weighted by molar-refractivity contribution is 8.00. The van der Waals surface area contributed by atoms with Crippen LogP contribution in [0.3, 0.4) is 0 Å². The van der Waals surface area contributed by atoms with Crippen LogP contribution in [0.5, 0.6) is 0 Å². The SMILES string of the molecule is Cc1ccc(SCC(=O)NC[C@@H]2CCCN2c2cccnn2)cc1. The second kappa shape index (κ2) is 8.15. The number of rotatable bonds is 6. The zero-order valence-electron chi connectivity index (χ0n) is 13.8. The predicted molar refractivity (Wildman–Crippen MR) is 97.3 cm³/mol. The molecule has 0 radical (unpaired) electrons. The maximum Gasteiger partial charge on any atom is 0.230 e. The average Bonchev–Trinajstić information content (AvgIpc) is 3.09. The smallest absolute Gasteiger partial charge is 0.230 e. The lowest BCUT2D eigenvalue weighted by molar-refractivity contribution is -0.118. The van der Waals surface area contributed by atoms with Crippen LogP contribution in [0.1, 0.15) is 18.4 Å². The van der Waals surface area contributed by atoms with E-state index in [0.717, 1.165) is 30.1 Å². The minimum atomic E-state index is 0.0755. The fourth-order valence-electron chi connectivity index (χ4n) is 2.86. The summed E-state index contributed by atoms with van der Waals surface area (Å²) in [5.41, 5.74) is 1.23. The molecule has 3 rings (SSSR count). The first-order chi connectivity index (χ1) is 11.7. The number of thioether (sulfide) groups is 1. The summed E-state index contributed by atoms with van der Waals surface area (Å²) in [4.78, 5) is 15.5. The average molecular weight is 342 g/mol. The Morgan fingerprint density at radius 3 is 2.92 bits per heavy atom. The fourth-order valence-corrected chi connectivity index (χ4v) is 3.59. The Bertz CT molecular complexity index is 662. The van der Waals surface area contributed by atoms with Gasteiger partial charge in [0.15, 0.2) is 5.82 Å². The first-order valence-corrected chi connectivity index (χ1v) is 9.21. The minimum absolute atomic E-state index is 0.0755. The molecule has 1 aromatic carbocycles. The van der Waals surface area contributed by atoms with Gasteiger partial charge in [-0.2, -0.15) is 5.10 Å². The number of nitrogens with zero attached hydrogens (tertiary/aromatic N) is 3. The van der Waals surface area contributed by atoms with Crippen molar-refractivity contribution in [3.8, 4) is 0 Å². The summed E-state index contributed by atoms with van der Waals surface area (Å²) in [6, 6.07) is 12.4. The fraction of sp³-hybridized carbons (Fsp3) is 0.389. The molecular weight excluding hydrogens is 320 g/mol. The van der Waals surface area contributed by atoms with Gasteiger partial charge in [-0.15, -0.1) is 16.9 Å². The number of carbonyl (C=O) groups excluding carboxylic acids is 1. The van der Waals surface area contributed by atoms with Crippen molar-refractivity contribution in [1.82, 2.24) is 15.5 Å². The summed E-state index contributed by atoms with van der Waals surface area (Å²) in [6.45, 7) is 3.69. The van der Waals surface area contributed by atoms with E-state index in [4.69, 9.17) is 0 Å². The molecule has 24 heavy (non-hydrogen) atoms. The Balaban J connectivity index is 1.46. The van der Waals surface area contributed by atoms with Gasteiger partial charge in [-0.05, 0) is 44.0 Å². The first kappa shape index (κ1) is 16.8. The molecule has 2 heterocycles. The highest BCUT2D eigenvalue weighted by Crippen LogP contribution is 2.22. The highest BCUT2D eigenvalue weighted by atomic mass is 32.2. The largest absolute Gasteiger partial charge is 0.353 e. The van der Waals surface area contributed by atoms with Crippen molar-refractivity contribution in [2.24, 2.45) is 0 Å². The van der Waals surface area contributed by atoms with Crippen molar-refractivity contribution < 1.29 is 4.79 Å². The Morgan fingerprint density at radius 1 is 1.33 bits per heavy atom. The van der Waals surface area contributed by atoms with Gasteiger partial charge in [0.2, 0.25) is 5.91 Å². The molecular formula is C18H22N4OS.